The predicted molar refractivity (Wildman–Crippen MR) is 148 cm³/mol. The average Bonchev–Trinajstić information content (AvgIpc) is 3.02. The van der Waals surface area contributed by atoms with Crippen LogP contribution in [0.5, 0.6) is 11.5 Å². The maximum Gasteiger partial charge on any atom is 0.472 e. The number of halogens is 3. The van der Waals surface area contributed by atoms with Gasteiger partial charge in [-0.05, 0) is 46.5 Å². The van der Waals surface area contributed by atoms with Crippen molar-refractivity contribution >= 4 is 29.4 Å². The summed E-state index contributed by atoms with van der Waals surface area (Å²) in [7, 11) is -3.89. The van der Waals surface area contributed by atoms with Gasteiger partial charge in [0.15, 0.2) is 5.75 Å². The van der Waals surface area contributed by atoms with Crippen molar-refractivity contribution < 1.29 is 32.0 Å². The number of benzene rings is 3. The summed E-state index contributed by atoms with van der Waals surface area (Å²) in [4.78, 5) is 11.5. The molecule has 0 bridgehead atoms. The van der Waals surface area contributed by atoms with Gasteiger partial charge >= 0.3 is 7.82 Å². The zero-order chi connectivity index (χ0) is 27.9. The second-order valence-corrected chi connectivity index (χ2v) is 12.8. The monoisotopic (exact) mass is 622 g/mol. The lowest BCUT2D eigenvalue weighted by molar-refractivity contribution is -0.0472. The van der Waals surface area contributed by atoms with E-state index in [1.807, 2.05) is 44.2 Å². The lowest BCUT2D eigenvalue weighted by atomic mass is 9.83. The number of nitrogens with two attached hydrogens (primary N) is 1. The van der Waals surface area contributed by atoms with E-state index in [0.717, 1.165) is 36.2 Å². The number of nitrogens with zero attached hydrogens (tertiary/aromatic N) is 1. The zero-order valence-electron chi connectivity index (χ0n) is 21.5. The standard InChI is InChI=1S/C17H15BrF2N2O.C11H15O4P/c18-11-7-14-16(8-12(11)20)23-15-6-9(19)3-4-10(15)17-13(21)2-1-5-22(14)17;1-11(2)8-14-16(12,13)15-10(11)9-6-4-3-5-7-9/h3-4,6-8,13,17H,1-2,5,21H2;3-7,10H,8H2,1-2H3,(H,12,13)/t13-,17+;10-/m10/s1. The molecule has 3 aromatic rings. The Morgan fingerprint density at radius 2 is 1.85 bits per heavy atom. The van der Waals surface area contributed by atoms with Crippen LogP contribution in [-0.4, -0.2) is 24.1 Å². The summed E-state index contributed by atoms with van der Waals surface area (Å²) in [5.41, 5.74) is 8.54. The molecular weight excluding hydrogens is 593 g/mol. The number of ether oxygens (including phenoxy) is 1. The molecule has 0 radical (unpaired) electrons. The number of hydrogen-bond donors (Lipinski definition) is 2. The fraction of sp³-hybridized carbons (Fsp3) is 0.357. The molecule has 0 aromatic heterocycles. The molecule has 2 saturated heterocycles. The Labute approximate surface area is 234 Å². The molecule has 0 amide bonds. The number of anilines is 1. The van der Waals surface area contributed by atoms with Crippen LogP contribution in [0.25, 0.3) is 0 Å². The van der Waals surface area contributed by atoms with E-state index in [4.69, 9.17) is 19.5 Å². The number of rotatable bonds is 1. The van der Waals surface area contributed by atoms with Crippen LogP contribution in [0.15, 0.2) is 65.1 Å². The van der Waals surface area contributed by atoms with Crippen molar-refractivity contribution in [3.8, 4) is 11.5 Å². The van der Waals surface area contributed by atoms with Crippen molar-refractivity contribution in [2.75, 3.05) is 18.1 Å². The van der Waals surface area contributed by atoms with E-state index in [1.165, 1.54) is 18.2 Å². The Kier molecular flexibility index (Phi) is 7.90. The molecule has 2 fully saturated rings. The van der Waals surface area contributed by atoms with Crippen molar-refractivity contribution in [1.29, 1.82) is 0 Å². The van der Waals surface area contributed by atoms with Gasteiger partial charge in [0.25, 0.3) is 0 Å². The molecular formula is C28H30BrF2N2O5P. The molecule has 3 heterocycles. The van der Waals surface area contributed by atoms with E-state index < -0.39 is 19.7 Å². The minimum absolute atomic E-state index is 0.0914. The summed E-state index contributed by atoms with van der Waals surface area (Å²) in [6, 6.07) is 16.7. The van der Waals surface area contributed by atoms with E-state index >= 15 is 0 Å². The lowest BCUT2D eigenvalue weighted by Crippen LogP contribution is -2.45. The average molecular weight is 623 g/mol. The minimum atomic E-state index is -3.89. The Bertz CT molecular complexity index is 1410. The van der Waals surface area contributed by atoms with E-state index in [-0.39, 0.29) is 29.9 Å². The fourth-order valence-electron chi connectivity index (χ4n) is 5.25. The number of hydrogen-bond acceptors (Lipinski definition) is 6. The number of fused-ring (bicyclic) bond motifs is 5. The molecule has 3 aliphatic heterocycles. The first-order valence-corrected chi connectivity index (χ1v) is 14.9. The van der Waals surface area contributed by atoms with Crippen molar-refractivity contribution in [2.24, 2.45) is 11.1 Å². The fourth-order valence-corrected chi connectivity index (χ4v) is 6.81. The van der Waals surface area contributed by atoms with Crippen LogP contribution in [0.2, 0.25) is 0 Å². The van der Waals surface area contributed by atoms with Crippen LogP contribution >= 0.6 is 23.8 Å². The van der Waals surface area contributed by atoms with Gasteiger partial charge in [0.2, 0.25) is 0 Å². The highest BCUT2D eigenvalue weighted by Crippen LogP contribution is 2.58. The van der Waals surface area contributed by atoms with Gasteiger partial charge < -0.3 is 20.3 Å². The maximum atomic E-state index is 14.0. The third-order valence-corrected chi connectivity index (χ3v) is 8.69. The molecule has 0 saturated carbocycles. The van der Waals surface area contributed by atoms with Crippen LogP contribution < -0.4 is 15.4 Å². The molecule has 0 spiro atoms. The minimum Gasteiger partial charge on any atom is -0.455 e. The highest BCUT2D eigenvalue weighted by atomic mass is 79.9. The number of phosphoric acid groups is 1. The van der Waals surface area contributed by atoms with E-state index in [0.29, 0.717) is 16.0 Å². The first kappa shape index (κ1) is 28.2. The van der Waals surface area contributed by atoms with Crippen molar-refractivity contribution in [1.82, 2.24) is 0 Å². The van der Waals surface area contributed by atoms with Crippen LogP contribution in [-0.2, 0) is 13.6 Å². The topological polar surface area (TPSA) is 94.2 Å². The largest absolute Gasteiger partial charge is 0.472 e. The van der Waals surface area contributed by atoms with Gasteiger partial charge in [-0.15, -0.1) is 0 Å². The first-order chi connectivity index (χ1) is 18.4. The molecule has 208 valence electrons. The van der Waals surface area contributed by atoms with E-state index in [2.05, 4.69) is 20.8 Å². The van der Waals surface area contributed by atoms with Crippen molar-refractivity contribution in [3.05, 3.63) is 87.9 Å². The van der Waals surface area contributed by atoms with Crippen LogP contribution in [0.4, 0.5) is 14.5 Å². The Balaban J connectivity index is 0.000000169. The Morgan fingerprint density at radius 3 is 2.59 bits per heavy atom. The van der Waals surface area contributed by atoms with Gasteiger partial charge in [0.05, 0.1) is 22.8 Å². The normalized spacial score (nSPS) is 27.1. The van der Waals surface area contributed by atoms with Gasteiger partial charge in [-0.2, -0.15) is 0 Å². The summed E-state index contributed by atoms with van der Waals surface area (Å²) >= 11 is 3.23. The maximum absolute atomic E-state index is 14.0. The molecule has 3 aliphatic rings. The van der Waals surface area contributed by atoms with Crippen LogP contribution in [0, 0.1) is 17.0 Å². The van der Waals surface area contributed by atoms with Gasteiger partial charge in [-0.1, -0.05) is 50.2 Å². The third kappa shape index (κ3) is 5.92. The second-order valence-electron chi connectivity index (χ2n) is 10.6. The van der Waals surface area contributed by atoms with Gasteiger partial charge in [0, 0.05) is 35.7 Å². The van der Waals surface area contributed by atoms with Crippen LogP contribution in [0.3, 0.4) is 0 Å². The second kappa shape index (κ2) is 10.9. The summed E-state index contributed by atoms with van der Waals surface area (Å²) in [5.74, 6) is -0.0193. The molecule has 1 unspecified atom stereocenters. The van der Waals surface area contributed by atoms with E-state index in [1.54, 1.807) is 12.1 Å². The highest BCUT2D eigenvalue weighted by Gasteiger charge is 2.44. The summed E-state index contributed by atoms with van der Waals surface area (Å²) < 4.78 is 55.2. The van der Waals surface area contributed by atoms with Crippen molar-refractivity contribution in [2.45, 2.75) is 44.9 Å². The van der Waals surface area contributed by atoms with Crippen LogP contribution in [0.1, 0.15) is 50.0 Å². The molecule has 11 heteroatoms. The van der Waals surface area contributed by atoms with Gasteiger partial charge in [0.1, 0.15) is 23.5 Å². The quantitative estimate of drug-likeness (QED) is 0.273. The molecule has 4 atom stereocenters. The summed E-state index contributed by atoms with van der Waals surface area (Å²) in [5, 5.41) is 0. The smallest absolute Gasteiger partial charge is 0.455 e. The molecule has 7 nitrogen and oxygen atoms in total. The van der Waals surface area contributed by atoms with Gasteiger partial charge in [-0.3, -0.25) is 9.05 Å². The zero-order valence-corrected chi connectivity index (χ0v) is 24.0. The van der Waals surface area contributed by atoms with E-state index in [9.17, 15) is 18.2 Å². The summed E-state index contributed by atoms with van der Waals surface area (Å²) in [6.07, 6.45) is 1.41. The lowest BCUT2D eigenvalue weighted by Gasteiger charge is -2.40. The molecule has 39 heavy (non-hydrogen) atoms. The van der Waals surface area contributed by atoms with Gasteiger partial charge in [-0.25, -0.2) is 13.3 Å². The molecule has 6 rings (SSSR count). The first-order valence-electron chi connectivity index (χ1n) is 12.6. The molecule has 3 N–H and O–H groups in total. The number of phosphoric ester groups is 1. The third-order valence-electron chi connectivity index (χ3n) is 7.15. The molecule has 3 aromatic carbocycles. The summed E-state index contributed by atoms with van der Waals surface area (Å²) in [6.45, 7) is 4.90. The van der Waals surface area contributed by atoms with Crippen molar-refractivity contribution in [3.63, 3.8) is 0 Å². The highest BCUT2D eigenvalue weighted by molar-refractivity contribution is 9.10. The Hall–Kier alpha value is -2.33. The number of piperidine rings is 1. The predicted octanol–water partition coefficient (Wildman–Crippen LogP) is 7.40. The Morgan fingerprint density at radius 1 is 1.10 bits per heavy atom. The SMILES string of the molecule is CC1(C)COP(=O)(O)O[C@H]1c1ccccc1.N[C@@H]1CCCN2c3cc(Br)c(F)cc3Oc3cc(F)ccc3[C@@H]12. The molecule has 0 aliphatic carbocycles.